The number of hydrogen-bond donors (Lipinski definition) is 1. The smallest absolute Gasteiger partial charge is 0.138 e. The van der Waals surface area contributed by atoms with Gasteiger partial charge in [0.25, 0.3) is 0 Å². The molecule has 1 aromatic heterocycles. The molecule has 0 spiro atoms. The highest BCUT2D eigenvalue weighted by Gasteiger charge is 2.47. The molecule has 1 aliphatic rings. The second kappa shape index (κ2) is 4.17. The Hall–Kier alpha value is -0.900. The minimum absolute atomic E-state index is 0.401. The molecule has 1 N–H and O–H groups in total. The first-order valence-corrected chi connectivity index (χ1v) is 6.15. The first-order valence-electron chi connectivity index (χ1n) is 6.15. The van der Waals surface area contributed by atoms with Crippen molar-refractivity contribution >= 4 is 0 Å². The summed E-state index contributed by atoms with van der Waals surface area (Å²) < 4.78 is 2.04. The monoisotopic (exact) mass is 222 g/mol. The number of nitrogens with one attached hydrogen (secondary N) is 1. The Kier molecular flexibility index (Phi) is 3.02. The van der Waals surface area contributed by atoms with Crippen LogP contribution in [-0.4, -0.2) is 27.9 Å². The Bertz CT molecular complexity index is 352. The zero-order valence-electron chi connectivity index (χ0n) is 10.7. The fraction of sp³-hybridized carbons (Fsp3) is 0.833. The molecule has 0 aromatic carbocycles. The molecule has 0 saturated heterocycles. The summed E-state index contributed by atoms with van der Waals surface area (Å²) in [4.78, 5) is 4.40. The fourth-order valence-corrected chi connectivity index (χ4v) is 2.38. The van der Waals surface area contributed by atoms with Crippen molar-refractivity contribution in [2.75, 3.05) is 7.05 Å². The van der Waals surface area contributed by atoms with Crippen molar-refractivity contribution in [1.82, 2.24) is 20.1 Å². The third-order valence-electron chi connectivity index (χ3n) is 3.89. The van der Waals surface area contributed by atoms with Crippen LogP contribution in [0, 0.1) is 5.41 Å². The largest absolute Gasteiger partial charge is 0.317 e. The van der Waals surface area contributed by atoms with Crippen LogP contribution in [0.4, 0.5) is 0 Å². The molecule has 1 aliphatic carbocycles. The summed E-state index contributed by atoms with van der Waals surface area (Å²) in [5.41, 5.74) is 0.425. The van der Waals surface area contributed by atoms with Gasteiger partial charge in [0.2, 0.25) is 0 Å². The maximum atomic E-state index is 4.40. The van der Waals surface area contributed by atoms with Crippen molar-refractivity contribution < 1.29 is 0 Å². The molecule has 0 radical (unpaired) electrons. The van der Waals surface area contributed by atoms with Crippen LogP contribution < -0.4 is 5.32 Å². The first kappa shape index (κ1) is 11.6. The van der Waals surface area contributed by atoms with Crippen LogP contribution in [0.15, 0.2) is 6.33 Å². The number of nitrogens with zero attached hydrogens (tertiary/aromatic N) is 3. The van der Waals surface area contributed by atoms with Crippen LogP contribution in [0.3, 0.4) is 0 Å². The minimum Gasteiger partial charge on any atom is -0.317 e. The Balaban J connectivity index is 2.12. The molecule has 2 rings (SSSR count). The van der Waals surface area contributed by atoms with E-state index < -0.39 is 0 Å². The van der Waals surface area contributed by atoms with Crippen molar-refractivity contribution in [3.63, 3.8) is 0 Å². The summed E-state index contributed by atoms with van der Waals surface area (Å²) in [6, 6.07) is 0.961. The van der Waals surface area contributed by atoms with Crippen LogP contribution in [-0.2, 0) is 6.42 Å². The molecular weight excluding hydrogens is 200 g/mol. The summed E-state index contributed by atoms with van der Waals surface area (Å²) in [7, 11) is 2.04. The lowest BCUT2D eigenvalue weighted by atomic mass is 9.93. The highest BCUT2D eigenvalue weighted by Crippen LogP contribution is 2.50. The van der Waals surface area contributed by atoms with Gasteiger partial charge in [0.05, 0.1) is 0 Å². The lowest BCUT2D eigenvalue weighted by Gasteiger charge is -2.23. The summed E-state index contributed by atoms with van der Waals surface area (Å²) in [5, 5.41) is 7.67. The van der Waals surface area contributed by atoms with Crippen molar-refractivity contribution in [1.29, 1.82) is 0 Å². The fourth-order valence-electron chi connectivity index (χ4n) is 2.38. The Morgan fingerprint density at radius 3 is 2.62 bits per heavy atom. The van der Waals surface area contributed by atoms with Gasteiger partial charge in [0.1, 0.15) is 12.2 Å². The van der Waals surface area contributed by atoms with E-state index >= 15 is 0 Å². The normalized spacial score (nSPS) is 20.1. The number of aromatic nitrogens is 3. The third kappa shape index (κ3) is 1.98. The second-order valence-electron chi connectivity index (χ2n) is 5.26. The molecule has 0 amide bonds. The quantitative estimate of drug-likeness (QED) is 0.826. The van der Waals surface area contributed by atoms with E-state index in [4.69, 9.17) is 0 Å². The predicted octanol–water partition coefficient (Wildman–Crippen LogP) is 1.79. The summed E-state index contributed by atoms with van der Waals surface area (Å²) >= 11 is 0. The van der Waals surface area contributed by atoms with Gasteiger partial charge in [-0.1, -0.05) is 0 Å². The maximum absolute atomic E-state index is 4.40. The van der Waals surface area contributed by atoms with Gasteiger partial charge in [-0.3, -0.25) is 0 Å². The Labute approximate surface area is 97.5 Å². The van der Waals surface area contributed by atoms with Gasteiger partial charge >= 0.3 is 0 Å². The van der Waals surface area contributed by atoms with Gasteiger partial charge < -0.3 is 5.32 Å². The minimum atomic E-state index is 0.401. The summed E-state index contributed by atoms with van der Waals surface area (Å²) in [6.07, 6.45) is 5.34. The topological polar surface area (TPSA) is 42.7 Å². The zero-order chi connectivity index (χ0) is 11.8. The SMILES string of the molecule is CNC(C)C1(Cc2ncnn2C(C)C)CC1. The van der Waals surface area contributed by atoms with Gasteiger partial charge in [-0.25, -0.2) is 9.67 Å². The molecule has 90 valence electrons. The van der Waals surface area contributed by atoms with Gasteiger partial charge in [0, 0.05) is 18.5 Å². The molecule has 4 heteroatoms. The van der Waals surface area contributed by atoms with E-state index in [1.165, 1.54) is 12.8 Å². The first-order chi connectivity index (χ1) is 7.59. The van der Waals surface area contributed by atoms with Crippen LogP contribution in [0.5, 0.6) is 0 Å². The molecule has 16 heavy (non-hydrogen) atoms. The van der Waals surface area contributed by atoms with E-state index in [-0.39, 0.29) is 0 Å². The van der Waals surface area contributed by atoms with Gasteiger partial charge in [-0.05, 0) is 46.1 Å². The van der Waals surface area contributed by atoms with Crippen LogP contribution >= 0.6 is 0 Å². The molecule has 0 aliphatic heterocycles. The van der Waals surface area contributed by atoms with Crippen molar-refractivity contribution in [3.05, 3.63) is 12.2 Å². The van der Waals surface area contributed by atoms with E-state index in [1.54, 1.807) is 6.33 Å². The number of hydrogen-bond acceptors (Lipinski definition) is 3. The summed E-state index contributed by atoms with van der Waals surface area (Å²) in [5.74, 6) is 1.13. The second-order valence-corrected chi connectivity index (χ2v) is 5.26. The van der Waals surface area contributed by atoms with Crippen LogP contribution in [0.25, 0.3) is 0 Å². The van der Waals surface area contributed by atoms with Gasteiger partial charge in [-0.2, -0.15) is 5.10 Å². The van der Waals surface area contributed by atoms with Crippen LogP contribution in [0.2, 0.25) is 0 Å². The molecule has 1 unspecified atom stereocenters. The lowest BCUT2D eigenvalue weighted by Crippen LogP contribution is -2.34. The molecule has 1 saturated carbocycles. The average Bonchev–Trinajstić information content (AvgIpc) is 2.87. The molecule has 1 aromatic rings. The zero-order valence-corrected chi connectivity index (χ0v) is 10.7. The van der Waals surface area contributed by atoms with Crippen LogP contribution in [0.1, 0.15) is 45.5 Å². The molecule has 4 nitrogen and oxygen atoms in total. The molecule has 0 bridgehead atoms. The van der Waals surface area contributed by atoms with Crippen molar-refractivity contribution in [2.45, 2.75) is 52.1 Å². The average molecular weight is 222 g/mol. The molecule has 1 heterocycles. The van der Waals surface area contributed by atoms with E-state index in [0.29, 0.717) is 17.5 Å². The maximum Gasteiger partial charge on any atom is 0.138 e. The van der Waals surface area contributed by atoms with Crippen molar-refractivity contribution in [2.24, 2.45) is 5.41 Å². The van der Waals surface area contributed by atoms with E-state index in [1.807, 2.05) is 11.7 Å². The Morgan fingerprint density at radius 1 is 1.44 bits per heavy atom. The molecule has 1 fully saturated rings. The van der Waals surface area contributed by atoms with Crippen molar-refractivity contribution in [3.8, 4) is 0 Å². The summed E-state index contributed by atoms with van der Waals surface area (Å²) in [6.45, 7) is 6.57. The lowest BCUT2D eigenvalue weighted by molar-refractivity contribution is 0.350. The molecule has 1 atom stereocenters. The van der Waals surface area contributed by atoms with Gasteiger partial charge in [0.15, 0.2) is 0 Å². The Morgan fingerprint density at radius 2 is 2.12 bits per heavy atom. The highest BCUT2D eigenvalue weighted by molar-refractivity contribution is 5.07. The molecular formula is C12H22N4. The number of rotatable bonds is 5. The van der Waals surface area contributed by atoms with E-state index in [2.05, 4.69) is 36.2 Å². The standard InChI is InChI=1S/C12H22N4/c1-9(2)16-11(14-8-15-16)7-12(5-6-12)10(3)13-4/h8-10,13H,5-7H2,1-4H3. The highest BCUT2D eigenvalue weighted by atomic mass is 15.3. The predicted molar refractivity (Wildman–Crippen MR) is 64.3 cm³/mol. The van der Waals surface area contributed by atoms with E-state index in [9.17, 15) is 0 Å². The third-order valence-corrected chi connectivity index (χ3v) is 3.89. The van der Waals surface area contributed by atoms with E-state index in [0.717, 1.165) is 12.2 Å². The van der Waals surface area contributed by atoms with Gasteiger partial charge in [-0.15, -0.1) is 0 Å².